The molecule has 1 aromatic rings. The molecular formula is C15H19FN2O. The van der Waals surface area contributed by atoms with Gasteiger partial charge in [0.15, 0.2) is 0 Å². The van der Waals surface area contributed by atoms with Crippen LogP contribution in [-0.4, -0.2) is 43.4 Å². The molecule has 0 bridgehead atoms. The predicted octanol–water partition coefficient (Wildman–Crippen LogP) is 2.31. The van der Waals surface area contributed by atoms with Gasteiger partial charge in [-0.05, 0) is 37.6 Å². The van der Waals surface area contributed by atoms with Gasteiger partial charge in [0.05, 0.1) is 5.69 Å². The van der Waals surface area contributed by atoms with Crippen LogP contribution >= 0.6 is 0 Å². The van der Waals surface area contributed by atoms with Crippen molar-refractivity contribution in [2.24, 2.45) is 0 Å². The standard InChI is InChI=1S/C15H19FN2O/c16-14-9-12(11-19)4-5-15(14)18-8-7-17-6-2-1-3-13(17)10-18/h4-5,9,11,13H,1-3,6-8,10H2. The van der Waals surface area contributed by atoms with Crippen LogP contribution in [0, 0.1) is 5.82 Å². The highest BCUT2D eigenvalue weighted by Gasteiger charge is 2.29. The Morgan fingerprint density at radius 2 is 2.11 bits per heavy atom. The van der Waals surface area contributed by atoms with Crippen molar-refractivity contribution in [1.29, 1.82) is 0 Å². The average Bonchev–Trinajstić information content (AvgIpc) is 2.46. The second kappa shape index (κ2) is 5.29. The summed E-state index contributed by atoms with van der Waals surface area (Å²) >= 11 is 0. The topological polar surface area (TPSA) is 23.6 Å². The zero-order valence-corrected chi connectivity index (χ0v) is 11.0. The molecule has 4 heteroatoms. The van der Waals surface area contributed by atoms with E-state index in [1.807, 2.05) is 0 Å². The van der Waals surface area contributed by atoms with Crippen molar-refractivity contribution < 1.29 is 9.18 Å². The Morgan fingerprint density at radius 3 is 2.89 bits per heavy atom. The lowest BCUT2D eigenvalue weighted by Crippen LogP contribution is -2.55. The lowest BCUT2D eigenvalue weighted by molar-refractivity contribution is 0.112. The van der Waals surface area contributed by atoms with Crippen molar-refractivity contribution in [3.8, 4) is 0 Å². The minimum absolute atomic E-state index is 0.283. The Balaban J connectivity index is 1.77. The first-order valence-corrected chi connectivity index (χ1v) is 7.01. The molecule has 1 unspecified atom stereocenters. The number of carbonyl (C=O) groups excluding carboxylic acids is 1. The molecule has 2 fully saturated rings. The summed E-state index contributed by atoms with van der Waals surface area (Å²) in [4.78, 5) is 15.3. The summed E-state index contributed by atoms with van der Waals surface area (Å²) in [6.07, 6.45) is 4.47. The minimum Gasteiger partial charge on any atom is -0.366 e. The van der Waals surface area contributed by atoms with E-state index in [4.69, 9.17) is 0 Å². The lowest BCUT2D eigenvalue weighted by atomic mass is 9.99. The third-order valence-corrected chi connectivity index (χ3v) is 4.29. The number of piperazine rings is 1. The van der Waals surface area contributed by atoms with Crippen LogP contribution in [0.1, 0.15) is 29.6 Å². The fraction of sp³-hybridized carbons (Fsp3) is 0.533. The molecule has 2 saturated heterocycles. The van der Waals surface area contributed by atoms with E-state index in [2.05, 4.69) is 9.80 Å². The van der Waals surface area contributed by atoms with Gasteiger partial charge in [0, 0.05) is 31.2 Å². The number of hydrogen-bond donors (Lipinski definition) is 0. The quantitative estimate of drug-likeness (QED) is 0.764. The van der Waals surface area contributed by atoms with Gasteiger partial charge in [0.2, 0.25) is 0 Å². The molecule has 2 aliphatic heterocycles. The van der Waals surface area contributed by atoms with Gasteiger partial charge in [-0.3, -0.25) is 9.69 Å². The summed E-state index contributed by atoms with van der Waals surface area (Å²) in [6.45, 7) is 3.97. The average molecular weight is 262 g/mol. The van der Waals surface area contributed by atoms with E-state index < -0.39 is 0 Å². The summed E-state index contributed by atoms with van der Waals surface area (Å²) in [5.74, 6) is -0.283. The highest BCUT2D eigenvalue weighted by molar-refractivity contribution is 5.76. The van der Waals surface area contributed by atoms with Crippen molar-refractivity contribution in [3.63, 3.8) is 0 Å². The summed E-state index contributed by atoms with van der Waals surface area (Å²) in [7, 11) is 0. The predicted molar refractivity (Wildman–Crippen MR) is 73.2 cm³/mol. The monoisotopic (exact) mass is 262 g/mol. The van der Waals surface area contributed by atoms with Gasteiger partial charge in [0.1, 0.15) is 12.1 Å². The Labute approximate surface area is 113 Å². The summed E-state index contributed by atoms with van der Waals surface area (Å²) in [5, 5.41) is 0. The second-order valence-corrected chi connectivity index (χ2v) is 5.46. The van der Waals surface area contributed by atoms with Crippen LogP contribution in [0.15, 0.2) is 18.2 Å². The van der Waals surface area contributed by atoms with E-state index in [0.29, 0.717) is 23.6 Å². The van der Waals surface area contributed by atoms with Crippen LogP contribution in [0.2, 0.25) is 0 Å². The van der Waals surface area contributed by atoms with Gasteiger partial charge in [-0.15, -0.1) is 0 Å². The van der Waals surface area contributed by atoms with Gasteiger partial charge in [0.25, 0.3) is 0 Å². The third-order valence-electron chi connectivity index (χ3n) is 4.29. The molecule has 0 N–H and O–H groups in total. The maximum Gasteiger partial charge on any atom is 0.150 e. The zero-order chi connectivity index (χ0) is 13.2. The number of hydrogen-bond acceptors (Lipinski definition) is 3. The van der Waals surface area contributed by atoms with Crippen LogP contribution in [0.25, 0.3) is 0 Å². The Morgan fingerprint density at radius 1 is 1.21 bits per heavy atom. The molecule has 0 spiro atoms. The Kier molecular flexibility index (Phi) is 3.51. The molecule has 1 aromatic carbocycles. The Hall–Kier alpha value is -1.42. The van der Waals surface area contributed by atoms with E-state index in [1.165, 1.54) is 31.9 Å². The molecule has 0 amide bonds. The second-order valence-electron chi connectivity index (χ2n) is 5.46. The molecule has 0 saturated carbocycles. The van der Waals surface area contributed by atoms with E-state index >= 15 is 0 Å². The van der Waals surface area contributed by atoms with Gasteiger partial charge < -0.3 is 4.90 Å². The van der Waals surface area contributed by atoms with Gasteiger partial charge in [-0.25, -0.2) is 4.39 Å². The maximum atomic E-state index is 14.0. The van der Waals surface area contributed by atoms with Gasteiger partial charge >= 0.3 is 0 Å². The van der Waals surface area contributed by atoms with Crippen LogP contribution in [0.3, 0.4) is 0 Å². The molecule has 19 heavy (non-hydrogen) atoms. The highest BCUT2D eigenvalue weighted by Crippen LogP contribution is 2.27. The first-order valence-electron chi connectivity index (χ1n) is 7.01. The minimum atomic E-state index is -0.283. The number of nitrogens with zero attached hydrogens (tertiary/aromatic N) is 2. The SMILES string of the molecule is O=Cc1ccc(N2CCN3CCCCC3C2)c(F)c1. The summed E-state index contributed by atoms with van der Waals surface area (Å²) < 4.78 is 14.0. The van der Waals surface area contributed by atoms with Crippen molar-refractivity contribution in [2.45, 2.75) is 25.3 Å². The molecule has 3 nitrogen and oxygen atoms in total. The van der Waals surface area contributed by atoms with Crippen LogP contribution < -0.4 is 4.90 Å². The zero-order valence-electron chi connectivity index (χ0n) is 11.0. The number of halogens is 1. The first kappa shape index (κ1) is 12.6. The molecular weight excluding hydrogens is 243 g/mol. The molecule has 0 aromatic heterocycles. The van der Waals surface area contributed by atoms with E-state index in [-0.39, 0.29) is 5.82 Å². The normalized spacial score (nSPS) is 24.1. The van der Waals surface area contributed by atoms with E-state index in [9.17, 15) is 9.18 Å². The number of anilines is 1. The molecule has 102 valence electrons. The van der Waals surface area contributed by atoms with Gasteiger partial charge in [-0.1, -0.05) is 6.42 Å². The molecule has 0 aliphatic carbocycles. The largest absolute Gasteiger partial charge is 0.366 e. The van der Waals surface area contributed by atoms with Crippen molar-refractivity contribution in [1.82, 2.24) is 4.90 Å². The smallest absolute Gasteiger partial charge is 0.150 e. The number of piperidine rings is 1. The van der Waals surface area contributed by atoms with E-state index in [1.54, 1.807) is 12.1 Å². The van der Waals surface area contributed by atoms with Crippen LogP contribution in [-0.2, 0) is 0 Å². The number of aldehydes is 1. The molecule has 3 rings (SSSR count). The number of fused-ring (bicyclic) bond motifs is 1. The van der Waals surface area contributed by atoms with Crippen molar-refractivity contribution >= 4 is 12.0 Å². The number of rotatable bonds is 2. The number of benzene rings is 1. The molecule has 2 heterocycles. The highest BCUT2D eigenvalue weighted by atomic mass is 19.1. The maximum absolute atomic E-state index is 14.0. The fourth-order valence-electron chi connectivity index (χ4n) is 3.23. The molecule has 0 radical (unpaired) electrons. The lowest BCUT2D eigenvalue weighted by Gasteiger charge is -2.45. The van der Waals surface area contributed by atoms with Crippen LogP contribution in [0.4, 0.5) is 10.1 Å². The van der Waals surface area contributed by atoms with Gasteiger partial charge in [-0.2, -0.15) is 0 Å². The first-order chi connectivity index (χ1) is 9.28. The fourth-order valence-corrected chi connectivity index (χ4v) is 3.23. The summed E-state index contributed by atoms with van der Waals surface area (Å²) in [6, 6.07) is 5.32. The van der Waals surface area contributed by atoms with E-state index in [0.717, 1.165) is 19.6 Å². The third kappa shape index (κ3) is 2.50. The summed E-state index contributed by atoms with van der Waals surface area (Å²) in [5.41, 5.74) is 1.04. The van der Waals surface area contributed by atoms with Crippen molar-refractivity contribution in [3.05, 3.63) is 29.6 Å². The van der Waals surface area contributed by atoms with Crippen molar-refractivity contribution in [2.75, 3.05) is 31.1 Å². The number of carbonyl (C=O) groups is 1. The Bertz CT molecular complexity index is 477. The van der Waals surface area contributed by atoms with Crippen LogP contribution in [0.5, 0.6) is 0 Å². The molecule has 2 aliphatic rings. The molecule has 1 atom stereocenters.